The number of aromatic nitrogens is 3. The summed E-state index contributed by atoms with van der Waals surface area (Å²) in [5, 5.41) is 32.0. The van der Waals surface area contributed by atoms with E-state index in [0.29, 0.717) is 12.8 Å². The molecule has 3 aromatic carbocycles. The lowest BCUT2D eigenvalue weighted by Gasteiger charge is -2.28. The molecule has 0 saturated heterocycles. The Balaban J connectivity index is 1.19. The van der Waals surface area contributed by atoms with E-state index in [1.807, 2.05) is 72.8 Å². The van der Waals surface area contributed by atoms with E-state index >= 15 is 0 Å². The maximum atomic E-state index is 12.8. The van der Waals surface area contributed by atoms with Crippen molar-refractivity contribution in [3.63, 3.8) is 0 Å². The van der Waals surface area contributed by atoms with Gasteiger partial charge >= 0.3 is 0 Å². The van der Waals surface area contributed by atoms with Crippen molar-refractivity contribution < 1.29 is 19.8 Å². The van der Waals surface area contributed by atoms with Crippen molar-refractivity contribution in [3.8, 4) is 5.69 Å². The van der Waals surface area contributed by atoms with Crippen LogP contribution in [0.5, 0.6) is 0 Å². The molecular weight excluding hydrogens is 470 g/mol. The van der Waals surface area contributed by atoms with Gasteiger partial charge in [0.05, 0.1) is 17.2 Å². The van der Waals surface area contributed by atoms with E-state index in [1.165, 1.54) is 4.90 Å². The van der Waals surface area contributed by atoms with E-state index in [9.17, 15) is 19.8 Å². The second-order valence-corrected chi connectivity index (χ2v) is 9.48. The third-order valence-corrected chi connectivity index (χ3v) is 7.09. The Hall–Kier alpha value is -4.08. The van der Waals surface area contributed by atoms with Crippen LogP contribution in [0.2, 0.25) is 0 Å². The topological polar surface area (TPSA) is 121 Å². The lowest BCUT2D eigenvalue weighted by Crippen LogP contribution is -2.52. The van der Waals surface area contributed by atoms with Gasteiger partial charge in [-0.05, 0) is 60.7 Å². The number of likely N-dealkylation sites (N-methyl/N-ethyl adjacent to an activating group) is 1. The molecule has 190 valence electrons. The molecule has 0 radical (unpaired) electrons. The quantitative estimate of drug-likeness (QED) is 0.358. The third kappa shape index (κ3) is 4.83. The fraction of sp³-hybridized carbons (Fsp3) is 0.286. The number of nitrogens with zero attached hydrogens (tertiary/aromatic N) is 4. The highest BCUT2D eigenvalue weighted by molar-refractivity contribution is 5.91. The lowest BCUT2D eigenvalue weighted by atomic mass is 10.1. The predicted octanol–water partition coefficient (Wildman–Crippen LogP) is 1.95. The third-order valence-electron chi connectivity index (χ3n) is 7.09. The van der Waals surface area contributed by atoms with Crippen molar-refractivity contribution >= 4 is 22.8 Å². The summed E-state index contributed by atoms with van der Waals surface area (Å²) in [5.74, 6) is -1.50. The van der Waals surface area contributed by atoms with Crippen LogP contribution in [0.25, 0.3) is 16.7 Å². The molecule has 9 heteroatoms. The molecule has 0 bridgehead atoms. The maximum Gasteiger partial charge on any atom is 0.254 e. The van der Waals surface area contributed by atoms with Crippen molar-refractivity contribution in [3.05, 3.63) is 89.5 Å². The molecule has 0 spiro atoms. The van der Waals surface area contributed by atoms with Crippen LogP contribution < -0.4 is 5.32 Å². The Morgan fingerprint density at radius 2 is 1.57 bits per heavy atom. The molecule has 2 amide bonds. The monoisotopic (exact) mass is 499 g/mol. The van der Waals surface area contributed by atoms with Gasteiger partial charge < -0.3 is 20.4 Å². The standard InChI is InChI=1S/C28H29N5O4/c1-17(18-11-13-21(14-12-18)33-24-10-6-5-9-23(24)30-31-33)29-27(36)25(34)26(35)28(37)32(2)22-15-19-7-3-4-8-20(19)16-22/h3-14,17,22,25-26,34-35H,15-16H2,1-2H3,(H,29,36)/t17-,25+,26+/m0/s1. The van der Waals surface area contributed by atoms with Gasteiger partial charge in [-0.3, -0.25) is 9.59 Å². The van der Waals surface area contributed by atoms with Gasteiger partial charge in [-0.25, -0.2) is 4.68 Å². The SMILES string of the molecule is C[C@H](NC(=O)[C@H](O)[C@@H](O)C(=O)N(C)C1Cc2ccccc2C1)c1ccc(-n2nnc3ccccc32)cc1. The summed E-state index contributed by atoms with van der Waals surface area (Å²) in [4.78, 5) is 27.0. The maximum absolute atomic E-state index is 12.8. The van der Waals surface area contributed by atoms with Crippen LogP contribution in [0.3, 0.4) is 0 Å². The van der Waals surface area contributed by atoms with Crippen LogP contribution in [0.15, 0.2) is 72.8 Å². The van der Waals surface area contributed by atoms with Crippen LogP contribution >= 0.6 is 0 Å². The summed E-state index contributed by atoms with van der Waals surface area (Å²) < 4.78 is 1.73. The molecule has 1 heterocycles. The highest BCUT2D eigenvalue weighted by Gasteiger charge is 2.36. The smallest absolute Gasteiger partial charge is 0.254 e. The number of amides is 2. The van der Waals surface area contributed by atoms with Crippen LogP contribution in [-0.4, -0.2) is 67.2 Å². The van der Waals surface area contributed by atoms with Crippen LogP contribution in [0.4, 0.5) is 0 Å². The minimum absolute atomic E-state index is 0.130. The van der Waals surface area contributed by atoms with E-state index in [1.54, 1.807) is 18.7 Å². The van der Waals surface area contributed by atoms with Gasteiger partial charge in [-0.2, -0.15) is 0 Å². The average Bonchev–Trinajstić information content (AvgIpc) is 3.56. The predicted molar refractivity (Wildman–Crippen MR) is 138 cm³/mol. The Morgan fingerprint density at radius 1 is 0.946 bits per heavy atom. The number of hydrogen-bond donors (Lipinski definition) is 3. The summed E-state index contributed by atoms with van der Waals surface area (Å²) in [6, 6.07) is 22.4. The molecule has 9 nitrogen and oxygen atoms in total. The Bertz CT molecular complexity index is 1410. The fourth-order valence-corrected chi connectivity index (χ4v) is 4.82. The van der Waals surface area contributed by atoms with E-state index in [-0.39, 0.29) is 6.04 Å². The van der Waals surface area contributed by atoms with Gasteiger partial charge in [0.2, 0.25) is 0 Å². The summed E-state index contributed by atoms with van der Waals surface area (Å²) >= 11 is 0. The van der Waals surface area contributed by atoms with Crippen LogP contribution in [0, 0.1) is 0 Å². The van der Waals surface area contributed by atoms with Crippen LogP contribution in [-0.2, 0) is 22.4 Å². The summed E-state index contributed by atoms with van der Waals surface area (Å²) in [6.45, 7) is 1.76. The van der Waals surface area contributed by atoms with Crippen LogP contribution in [0.1, 0.15) is 29.7 Å². The molecule has 0 aliphatic heterocycles. The number of carbonyl (C=O) groups is 2. The molecule has 0 unspecified atom stereocenters. The van der Waals surface area contributed by atoms with E-state index in [4.69, 9.17) is 0 Å². The summed E-state index contributed by atoms with van der Waals surface area (Å²) in [7, 11) is 1.59. The molecule has 1 aliphatic carbocycles. The Labute approximate surface area is 214 Å². The molecule has 5 rings (SSSR count). The first-order chi connectivity index (χ1) is 17.8. The van der Waals surface area contributed by atoms with Gasteiger partial charge in [-0.15, -0.1) is 5.10 Å². The second kappa shape index (κ2) is 10.1. The molecule has 1 aliphatic rings. The van der Waals surface area contributed by atoms with Gasteiger partial charge in [0.15, 0.2) is 12.2 Å². The number of para-hydroxylation sites is 1. The Morgan fingerprint density at radius 3 is 2.24 bits per heavy atom. The molecule has 3 atom stereocenters. The Kier molecular flexibility index (Phi) is 6.73. The van der Waals surface area contributed by atoms with E-state index in [2.05, 4.69) is 15.6 Å². The second-order valence-electron chi connectivity index (χ2n) is 9.48. The highest BCUT2D eigenvalue weighted by Crippen LogP contribution is 2.25. The van der Waals surface area contributed by atoms with Crippen molar-refractivity contribution in [2.75, 3.05) is 7.05 Å². The number of benzene rings is 3. The average molecular weight is 500 g/mol. The van der Waals surface area contributed by atoms with Gasteiger partial charge in [-0.1, -0.05) is 53.7 Å². The van der Waals surface area contributed by atoms with Crippen molar-refractivity contribution in [1.29, 1.82) is 0 Å². The van der Waals surface area contributed by atoms with Gasteiger partial charge in [0.25, 0.3) is 11.8 Å². The summed E-state index contributed by atoms with van der Waals surface area (Å²) in [5.41, 5.74) is 5.60. The van der Waals surface area contributed by atoms with Crippen molar-refractivity contribution in [1.82, 2.24) is 25.2 Å². The van der Waals surface area contributed by atoms with E-state index in [0.717, 1.165) is 33.4 Å². The number of carbonyl (C=O) groups excluding carboxylic acids is 2. The zero-order valence-electron chi connectivity index (χ0n) is 20.7. The highest BCUT2D eigenvalue weighted by atomic mass is 16.3. The number of rotatable bonds is 7. The number of aliphatic hydroxyl groups excluding tert-OH is 2. The number of nitrogens with one attached hydrogen (secondary N) is 1. The minimum atomic E-state index is -1.89. The molecule has 0 saturated carbocycles. The molecule has 37 heavy (non-hydrogen) atoms. The molecule has 0 fully saturated rings. The molecule has 4 aromatic rings. The fourth-order valence-electron chi connectivity index (χ4n) is 4.82. The lowest BCUT2D eigenvalue weighted by molar-refractivity contribution is -0.153. The largest absolute Gasteiger partial charge is 0.380 e. The first kappa shape index (κ1) is 24.6. The van der Waals surface area contributed by atoms with Gasteiger partial charge in [0, 0.05) is 13.1 Å². The summed E-state index contributed by atoms with van der Waals surface area (Å²) in [6.07, 6.45) is -2.40. The number of hydrogen-bond acceptors (Lipinski definition) is 6. The number of fused-ring (bicyclic) bond motifs is 2. The van der Waals surface area contributed by atoms with Gasteiger partial charge in [0.1, 0.15) is 5.52 Å². The first-order valence-electron chi connectivity index (χ1n) is 12.2. The first-order valence-corrected chi connectivity index (χ1v) is 12.2. The van der Waals surface area contributed by atoms with Crippen molar-refractivity contribution in [2.24, 2.45) is 0 Å². The van der Waals surface area contributed by atoms with E-state index < -0.39 is 30.1 Å². The molecular formula is C28H29N5O4. The molecule has 3 N–H and O–H groups in total. The minimum Gasteiger partial charge on any atom is -0.380 e. The number of aliphatic hydroxyl groups is 2. The molecule has 1 aromatic heterocycles. The zero-order valence-corrected chi connectivity index (χ0v) is 20.7. The zero-order chi connectivity index (χ0) is 26.1. The normalized spacial score (nSPS) is 15.7. The van der Waals surface area contributed by atoms with Crippen molar-refractivity contribution in [2.45, 2.75) is 44.1 Å².